The number of unbranched alkanes of at least 4 members (excludes halogenated alkanes) is 10. The summed E-state index contributed by atoms with van der Waals surface area (Å²) in [6.07, 6.45) is 20.7. The number of nitrogens with zero attached hydrogens (tertiary/aromatic N) is 2. The number of esters is 1. The lowest BCUT2D eigenvalue weighted by molar-refractivity contribution is -0.140. The van der Waals surface area contributed by atoms with Crippen LogP contribution in [0.5, 0.6) is 11.5 Å². The number of aromatic nitrogens is 1. The molecule has 218 valence electrons. The van der Waals surface area contributed by atoms with Crippen LogP contribution in [0.15, 0.2) is 42.6 Å². The molecule has 1 aliphatic carbocycles. The lowest BCUT2D eigenvalue weighted by Crippen LogP contribution is -2.31. The second-order valence-electron chi connectivity index (χ2n) is 11.6. The van der Waals surface area contributed by atoms with Crippen molar-refractivity contribution in [2.75, 3.05) is 6.61 Å². The van der Waals surface area contributed by atoms with E-state index in [9.17, 15) is 10.1 Å². The van der Waals surface area contributed by atoms with Crippen molar-refractivity contribution in [3.63, 3.8) is 0 Å². The summed E-state index contributed by atoms with van der Waals surface area (Å²) in [4.78, 5) is 17.4. The molecule has 0 radical (unpaired) electrons. The number of carbonyl (C=O) groups is 1. The Bertz CT molecular complexity index is 1020. The summed E-state index contributed by atoms with van der Waals surface area (Å²) in [7, 11) is 0. The Morgan fingerprint density at radius 2 is 1.45 bits per heavy atom. The lowest BCUT2D eigenvalue weighted by atomic mass is 9.69. The predicted octanol–water partition coefficient (Wildman–Crippen LogP) is 9.84. The molecular weight excluding hydrogens is 496 g/mol. The van der Waals surface area contributed by atoms with Crippen LogP contribution in [0.25, 0.3) is 11.3 Å². The molecule has 3 rings (SSSR count). The van der Waals surface area contributed by atoms with Crippen molar-refractivity contribution in [1.29, 1.82) is 5.26 Å². The zero-order chi connectivity index (χ0) is 28.5. The Balaban J connectivity index is 1.39. The van der Waals surface area contributed by atoms with Crippen LogP contribution in [0.1, 0.15) is 123 Å². The maximum absolute atomic E-state index is 12.9. The van der Waals surface area contributed by atoms with Gasteiger partial charge in [-0.1, -0.05) is 84.5 Å². The molecule has 5 heteroatoms. The van der Waals surface area contributed by atoms with E-state index in [2.05, 4.69) is 24.9 Å². The number of ether oxygens (including phenoxy) is 2. The second-order valence-corrected chi connectivity index (χ2v) is 11.6. The van der Waals surface area contributed by atoms with Gasteiger partial charge in [0.15, 0.2) is 0 Å². The number of hydrogen-bond donors (Lipinski definition) is 0. The minimum absolute atomic E-state index is 0.128. The number of carbonyl (C=O) groups excluding carboxylic acids is 1. The van der Waals surface area contributed by atoms with E-state index in [1.807, 2.05) is 36.4 Å². The Labute approximate surface area is 242 Å². The average Bonchev–Trinajstić information content (AvgIpc) is 2.99. The SMILES string of the molecule is CCCCCCCCOc1ccc(-c2ccc(OC(=O)[C@H]3CC[C@@](C#N)(CCCCCCCC)CC3)cc2)nc1. The summed E-state index contributed by atoms with van der Waals surface area (Å²) >= 11 is 0. The Kier molecular flexibility index (Phi) is 14.0. The van der Waals surface area contributed by atoms with Gasteiger partial charge in [-0.3, -0.25) is 9.78 Å². The van der Waals surface area contributed by atoms with Crippen LogP contribution in [0.3, 0.4) is 0 Å². The largest absolute Gasteiger partial charge is 0.492 e. The molecule has 0 atom stereocenters. The zero-order valence-corrected chi connectivity index (χ0v) is 25.0. The molecule has 2 aromatic rings. The van der Waals surface area contributed by atoms with Crippen LogP contribution in [0.4, 0.5) is 0 Å². The second kappa shape index (κ2) is 17.7. The van der Waals surface area contributed by atoms with Crippen LogP contribution >= 0.6 is 0 Å². The van der Waals surface area contributed by atoms with Crippen LogP contribution in [0.2, 0.25) is 0 Å². The summed E-state index contributed by atoms with van der Waals surface area (Å²) in [6, 6.07) is 14.1. The van der Waals surface area contributed by atoms with Gasteiger partial charge in [0, 0.05) is 5.56 Å². The normalized spacial score (nSPS) is 18.7. The van der Waals surface area contributed by atoms with Crippen LogP contribution in [-0.2, 0) is 4.79 Å². The molecule has 1 saturated carbocycles. The van der Waals surface area contributed by atoms with Crippen molar-refractivity contribution in [2.45, 2.75) is 123 Å². The summed E-state index contributed by atoms with van der Waals surface area (Å²) in [5, 5.41) is 9.88. The topological polar surface area (TPSA) is 72.2 Å². The Hall–Kier alpha value is -2.87. The van der Waals surface area contributed by atoms with Gasteiger partial charge in [-0.2, -0.15) is 5.26 Å². The summed E-state index contributed by atoms with van der Waals surface area (Å²) in [6.45, 7) is 5.19. The number of benzene rings is 1. The molecular formula is C35H50N2O3. The predicted molar refractivity (Wildman–Crippen MR) is 162 cm³/mol. The Morgan fingerprint density at radius 3 is 2.05 bits per heavy atom. The van der Waals surface area contributed by atoms with Gasteiger partial charge in [0.05, 0.1) is 35.9 Å². The maximum Gasteiger partial charge on any atom is 0.314 e. The third kappa shape index (κ3) is 10.6. The molecule has 1 heterocycles. The van der Waals surface area contributed by atoms with E-state index < -0.39 is 0 Å². The van der Waals surface area contributed by atoms with Crippen molar-refractivity contribution >= 4 is 5.97 Å². The van der Waals surface area contributed by atoms with Gasteiger partial charge >= 0.3 is 5.97 Å². The first-order chi connectivity index (χ1) is 19.6. The minimum Gasteiger partial charge on any atom is -0.492 e. The summed E-state index contributed by atoms with van der Waals surface area (Å²) < 4.78 is 11.6. The van der Waals surface area contributed by atoms with Crippen molar-refractivity contribution in [2.24, 2.45) is 11.3 Å². The molecule has 0 saturated heterocycles. The summed E-state index contributed by atoms with van der Waals surface area (Å²) in [5.41, 5.74) is 1.56. The third-order valence-electron chi connectivity index (χ3n) is 8.39. The third-order valence-corrected chi connectivity index (χ3v) is 8.39. The standard InChI is InChI=1S/C35H50N2O3/c1-3-5-7-9-11-13-23-35(28-36)24-21-30(22-25-35)34(38)40-31-17-15-29(16-18-31)33-20-19-32(27-37-33)39-26-14-12-10-8-6-4-2/h15-20,27,30H,3-14,21-26H2,1-2H3/t30-,35-. The molecule has 0 unspecified atom stereocenters. The van der Waals surface area contributed by atoms with Gasteiger partial charge in [0.2, 0.25) is 0 Å². The monoisotopic (exact) mass is 546 g/mol. The highest BCUT2D eigenvalue weighted by molar-refractivity contribution is 5.75. The van der Waals surface area contributed by atoms with E-state index in [1.165, 1.54) is 64.2 Å². The molecule has 0 spiro atoms. The zero-order valence-electron chi connectivity index (χ0n) is 25.0. The van der Waals surface area contributed by atoms with Crippen LogP contribution in [0, 0.1) is 22.7 Å². The summed E-state index contributed by atoms with van der Waals surface area (Å²) in [5.74, 6) is 1.04. The minimum atomic E-state index is -0.259. The highest BCUT2D eigenvalue weighted by Crippen LogP contribution is 2.43. The number of hydrogen-bond acceptors (Lipinski definition) is 5. The number of nitriles is 1. The molecule has 5 nitrogen and oxygen atoms in total. The fourth-order valence-corrected chi connectivity index (χ4v) is 5.67. The van der Waals surface area contributed by atoms with Gasteiger partial charge in [-0.15, -0.1) is 0 Å². The van der Waals surface area contributed by atoms with Gasteiger partial charge < -0.3 is 9.47 Å². The van der Waals surface area contributed by atoms with E-state index in [0.717, 1.165) is 68.6 Å². The van der Waals surface area contributed by atoms with Gasteiger partial charge in [-0.25, -0.2) is 0 Å². The molecule has 1 aromatic heterocycles. The van der Waals surface area contributed by atoms with Crippen molar-refractivity contribution in [1.82, 2.24) is 4.98 Å². The van der Waals surface area contributed by atoms with Crippen molar-refractivity contribution in [3.05, 3.63) is 42.6 Å². The fourth-order valence-electron chi connectivity index (χ4n) is 5.67. The van der Waals surface area contributed by atoms with Crippen LogP contribution in [-0.4, -0.2) is 17.6 Å². The molecule has 1 fully saturated rings. The van der Waals surface area contributed by atoms with Gasteiger partial charge in [0.1, 0.15) is 11.5 Å². The first kappa shape index (κ1) is 31.7. The first-order valence-electron chi connectivity index (χ1n) is 15.9. The molecule has 40 heavy (non-hydrogen) atoms. The quantitative estimate of drug-likeness (QED) is 0.106. The van der Waals surface area contributed by atoms with Crippen molar-refractivity contribution in [3.8, 4) is 28.8 Å². The number of rotatable bonds is 18. The van der Waals surface area contributed by atoms with E-state index in [0.29, 0.717) is 5.75 Å². The average molecular weight is 547 g/mol. The molecule has 0 bridgehead atoms. The van der Waals surface area contributed by atoms with E-state index in [1.54, 1.807) is 6.20 Å². The Morgan fingerprint density at radius 1 is 0.850 bits per heavy atom. The highest BCUT2D eigenvalue weighted by atomic mass is 16.5. The van der Waals surface area contributed by atoms with Crippen molar-refractivity contribution < 1.29 is 14.3 Å². The van der Waals surface area contributed by atoms with E-state index in [4.69, 9.17) is 9.47 Å². The first-order valence-corrected chi connectivity index (χ1v) is 15.9. The lowest BCUT2D eigenvalue weighted by Gasteiger charge is -2.34. The smallest absolute Gasteiger partial charge is 0.314 e. The van der Waals surface area contributed by atoms with Gasteiger partial charge in [-0.05, 0) is 74.9 Å². The van der Waals surface area contributed by atoms with Gasteiger partial charge in [0.25, 0.3) is 0 Å². The van der Waals surface area contributed by atoms with E-state index in [-0.39, 0.29) is 17.3 Å². The molecule has 0 amide bonds. The van der Waals surface area contributed by atoms with Crippen LogP contribution < -0.4 is 9.47 Å². The molecule has 0 aliphatic heterocycles. The molecule has 0 N–H and O–H groups in total. The number of pyridine rings is 1. The fraction of sp³-hybridized carbons (Fsp3) is 0.629. The highest BCUT2D eigenvalue weighted by Gasteiger charge is 2.38. The molecule has 1 aromatic carbocycles. The molecule has 1 aliphatic rings. The van der Waals surface area contributed by atoms with E-state index >= 15 is 0 Å². The maximum atomic E-state index is 12.9.